The summed E-state index contributed by atoms with van der Waals surface area (Å²) in [7, 11) is 0. The molecule has 1 saturated heterocycles. The van der Waals surface area contributed by atoms with Crippen LogP contribution in [0.5, 0.6) is 0 Å². The van der Waals surface area contributed by atoms with E-state index >= 15 is 0 Å². The second-order valence-corrected chi connectivity index (χ2v) is 5.72. The van der Waals surface area contributed by atoms with Crippen LogP contribution in [0.1, 0.15) is 30.5 Å². The Morgan fingerprint density at radius 1 is 1.53 bits per heavy atom. The molecule has 0 radical (unpaired) electrons. The molecule has 0 bridgehead atoms. The summed E-state index contributed by atoms with van der Waals surface area (Å²) in [6.45, 7) is 7.66. The summed E-state index contributed by atoms with van der Waals surface area (Å²) in [5.74, 6) is 0. The summed E-state index contributed by atoms with van der Waals surface area (Å²) in [6, 6.07) is 6.31. The van der Waals surface area contributed by atoms with Gasteiger partial charge in [0.15, 0.2) is 0 Å². The Morgan fingerprint density at radius 3 is 3.00 bits per heavy atom. The van der Waals surface area contributed by atoms with Crippen molar-refractivity contribution in [3.05, 3.63) is 34.3 Å². The fraction of sp³-hybridized carbons (Fsp3) is 0.600. The SMILES string of the molecule is Cc1cc(Cl)ccc1C(CN)N1CCCOC(C)C1. The number of ether oxygens (including phenoxy) is 1. The smallest absolute Gasteiger partial charge is 0.0674 e. The van der Waals surface area contributed by atoms with Crippen molar-refractivity contribution in [2.45, 2.75) is 32.4 Å². The van der Waals surface area contributed by atoms with Gasteiger partial charge in [-0.3, -0.25) is 4.90 Å². The first kappa shape index (κ1) is 14.8. The van der Waals surface area contributed by atoms with Gasteiger partial charge in [0.1, 0.15) is 0 Å². The lowest BCUT2D eigenvalue weighted by Crippen LogP contribution is -2.38. The third kappa shape index (κ3) is 3.69. The monoisotopic (exact) mass is 282 g/mol. The zero-order valence-electron chi connectivity index (χ0n) is 11.7. The minimum absolute atomic E-state index is 0.251. The van der Waals surface area contributed by atoms with Gasteiger partial charge in [-0.2, -0.15) is 0 Å². The summed E-state index contributed by atoms with van der Waals surface area (Å²) in [5.41, 5.74) is 8.51. The Labute approximate surface area is 120 Å². The van der Waals surface area contributed by atoms with E-state index in [2.05, 4.69) is 24.8 Å². The van der Waals surface area contributed by atoms with Crippen molar-refractivity contribution in [1.82, 2.24) is 4.90 Å². The summed E-state index contributed by atoms with van der Waals surface area (Å²) < 4.78 is 5.71. The average molecular weight is 283 g/mol. The Balaban J connectivity index is 2.22. The largest absolute Gasteiger partial charge is 0.377 e. The van der Waals surface area contributed by atoms with Gasteiger partial charge in [-0.1, -0.05) is 17.7 Å². The molecule has 2 unspecified atom stereocenters. The molecular weight excluding hydrogens is 260 g/mol. The molecule has 4 heteroatoms. The molecule has 1 aromatic rings. The maximum atomic E-state index is 6.04. The van der Waals surface area contributed by atoms with E-state index in [1.54, 1.807) is 0 Å². The number of aryl methyl sites for hydroxylation is 1. The van der Waals surface area contributed by atoms with Crippen molar-refractivity contribution in [1.29, 1.82) is 0 Å². The van der Waals surface area contributed by atoms with Crippen molar-refractivity contribution in [2.75, 3.05) is 26.2 Å². The van der Waals surface area contributed by atoms with Crippen molar-refractivity contribution >= 4 is 11.6 Å². The van der Waals surface area contributed by atoms with Crippen LogP contribution in [0.2, 0.25) is 5.02 Å². The van der Waals surface area contributed by atoms with Crippen molar-refractivity contribution in [2.24, 2.45) is 5.73 Å². The third-order valence-corrected chi connectivity index (χ3v) is 3.97. The van der Waals surface area contributed by atoms with Crippen LogP contribution in [0.3, 0.4) is 0 Å². The summed E-state index contributed by atoms with van der Waals surface area (Å²) in [5, 5.41) is 0.782. The van der Waals surface area contributed by atoms with Crippen molar-refractivity contribution < 1.29 is 4.74 Å². The van der Waals surface area contributed by atoms with E-state index in [1.807, 2.05) is 12.1 Å². The lowest BCUT2D eigenvalue weighted by molar-refractivity contribution is 0.0611. The van der Waals surface area contributed by atoms with Crippen LogP contribution < -0.4 is 5.73 Å². The number of hydrogen-bond acceptors (Lipinski definition) is 3. The van der Waals surface area contributed by atoms with Crippen LogP contribution in [0, 0.1) is 6.92 Å². The van der Waals surface area contributed by atoms with Gasteiger partial charge in [0.05, 0.1) is 6.10 Å². The van der Waals surface area contributed by atoms with Crippen LogP contribution in [0.25, 0.3) is 0 Å². The van der Waals surface area contributed by atoms with Gasteiger partial charge in [0, 0.05) is 37.3 Å². The molecule has 1 aliphatic heterocycles. The molecule has 1 heterocycles. The molecule has 2 rings (SSSR count). The highest BCUT2D eigenvalue weighted by atomic mass is 35.5. The minimum Gasteiger partial charge on any atom is -0.377 e. The van der Waals surface area contributed by atoms with Crippen molar-refractivity contribution in [3.8, 4) is 0 Å². The van der Waals surface area contributed by atoms with Gasteiger partial charge in [0.2, 0.25) is 0 Å². The molecule has 0 amide bonds. The zero-order chi connectivity index (χ0) is 13.8. The fourth-order valence-electron chi connectivity index (χ4n) is 2.80. The normalized spacial score (nSPS) is 23.1. The predicted molar refractivity (Wildman–Crippen MR) is 79.6 cm³/mol. The van der Waals surface area contributed by atoms with Gasteiger partial charge >= 0.3 is 0 Å². The maximum Gasteiger partial charge on any atom is 0.0674 e. The van der Waals surface area contributed by atoms with E-state index < -0.39 is 0 Å². The highest BCUT2D eigenvalue weighted by Gasteiger charge is 2.24. The highest BCUT2D eigenvalue weighted by Crippen LogP contribution is 2.26. The van der Waals surface area contributed by atoms with E-state index in [9.17, 15) is 0 Å². The van der Waals surface area contributed by atoms with E-state index in [4.69, 9.17) is 22.1 Å². The van der Waals surface area contributed by atoms with Gasteiger partial charge < -0.3 is 10.5 Å². The molecule has 106 valence electrons. The predicted octanol–water partition coefficient (Wildman–Crippen LogP) is 2.76. The molecule has 3 nitrogen and oxygen atoms in total. The van der Waals surface area contributed by atoms with Crippen LogP contribution >= 0.6 is 11.6 Å². The summed E-state index contributed by atoms with van der Waals surface area (Å²) >= 11 is 6.04. The first-order valence-electron chi connectivity index (χ1n) is 6.93. The Morgan fingerprint density at radius 2 is 2.32 bits per heavy atom. The molecule has 2 N–H and O–H groups in total. The van der Waals surface area contributed by atoms with Crippen LogP contribution in [-0.4, -0.2) is 37.2 Å². The lowest BCUT2D eigenvalue weighted by Gasteiger charge is -2.32. The standard InChI is InChI=1S/C15H23ClN2O/c1-11-8-13(16)4-5-14(11)15(9-17)18-6-3-7-19-12(2)10-18/h4-5,8,12,15H,3,6-7,9-10,17H2,1-2H3. The molecule has 0 saturated carbocycles. The Kier molecular flexibility index (Phi) is 5.22. The molecule has 0 aromatic heterocycles. The van der Waals surface area contributed by atoms with E-state index in [1.165, 1.54) is 11.1 Å². The number of hydrogen-bond donors (Lipinski definition) is 1. The Hall–Kier alpha value is -0.610. The number of benzene rings is 1. The number of halogens is 1. The first-order chi connectivity index (χ1) is 9.11. The molecule has 0 spiro atoms. The molecule has 1 fully saturated rings. The zero-order valence-corrected chi connectivity index (χ0v) is 12.5. The van der Waals surface area contributed by atoms with Gasteiger partial charge in [-0.25, -0.2) is 0 Å². The fourth-order valence-corrected chi connectivity index (χ4v) is 3.02. The van der Waals surface area contributed by atoms with Crippen LogP contribution in [0.4, 0.5) is 0 Å². The van der Waals surface area contributed by atoms with Crippen LogP contribution in [0.15, 0.2) is 18.2 Å². The molecule has 1 aromatic carbocycles. The molecule has 2 atom stereocenters. The summed E-state index contributed by atoms with van der Waals surface area (Å²) in [4.78, 5) is 2.44. The lowest BCUT2D eigenvalue weighted by atomic mass is 9.99. The van der Waals surface area contributed by atoms with Gasteiger partial charge in [-0.15, -0.1) is 0 Å². The topological polar surface area (TPSA) is 38.5 Å². The van der Waals surface area contributed by atoms with Crippen LogP contribution in [-0.2, 0) is 4.74 Å². The number of rotatable bonds is 3. The van der Waals surface area contributed by atoms with E-state index in [0.717, 1.165) is 31.1 Å². The second kappa shape index (κ2) is 6.71. The quantitative estimate of drug-likeness (QED) is 0.926. The number of nitrogens with two attached hydrogens (primary N) is 1. The average Bonchev–Trinajstić information content (AvgIpc) is 2.58. The second-order valence-electron chi connectivity index (χ2n) is 5.28. The first-order valence-corrected chi connectivity index (χ1v) is 7.31. The van der Waals surface area contributed by atoms with E-state index in [0.29, 0.717) is 6.54 Å². The molecular formula is C15H23ClN2O. The molecule has 1 aliphatic rings. The maximum absolute atomic E-state index is 6.04. The van der Waals surface area contributed by atoms with Crippen molar-refractivity contribution in [3.63, 3.8) is 0 Å². The Bertz CT molecular complexity index is 425. The number of nitrogens with zero attached hydrogens (tertiary/aromatic N) is 1. The van der Waals surface area contributed by atoms with E-state index in [-0.39, 0.29) is 12.1 Å². The highest BCUT2D eigenvalue weighted by molar-refractivity contribution is 6.30. The van der Waals surface area contributed by atoms with Gasteiger partial charge in [0.25, 0.3) is 0 Å². The molecule has 19 heavy (non-hydrogen) atoms. The summed E-state index contributed by atoms with van der Waals surface area (Å²) in [6.07, 6.45) is 1.33. The van der Waals surface area contributed by atoms with Gasteiger partial charge in [-0.05, 0) is 43.5 Å². The minimum atomic E-state index is 0.251. The third-order valence-electron chi connectivity index (χ3n) is 3.74. The molecule has 0 aliphatic carbocycles.